The summed E-state index contributed by atoms with van der Waals surface area (Å²) < 4.78 is 6.23. The summed E-state index contributed by atoms with van der Waals surface area (Å²) in [5, 5.41) is 13.6. The van der Waals surface area contributed by atoms with Gasteiger partial charge in [0.15, 0.2) is 4.34 Å². The number of carbonyl (C=O) groups excluding carboxylic acids is 2. The molecule has 7 nitrogen and oxygen atoms in total. The molecule has 3 rings (SSSR count). The van der Waals surface area contributed by atoms with Crippen molar-refractivity contribution >= 4 is 51.6 Å². The Bertz CT molecular complexity index is 793. The average Bonchev–Trinajstić information content (AvgIpc) is 3.30. The highest BCUT2D eigenvalue weighted by molar-refractivity contribution is 8.00. The number of nitrogens with zero attached hydrogens (tertiary/aromatic N) is 3. The second-order valence-corrected chi connectivity index (χ2v) is 10.7. The van der Waals surface area contributed by atoms with E-state index in [1.54, 1.807) is 28.0 Å². The Balaban J connectivity index is 1.44. The highest BCUT2D eigenvalue weighted by atomic mass is 32.2. The molecule has 28 heavy (non-hydrogen) atoms. The van der Waals surface area contributed by atoms with Crippen LogP contribution in [0, 0.1) is 5.92 Å². The molecule has 1 saturated heterocycles. The number of rotatable bonds is 5. The van der Waals surface area contributed by atoms with Gasteiger partial charge in [-0.15, -0.1) is 21.5 Å². The molecule has 0 unspecified atom stereocenters. The first kappa shape index (κ1) is 21.1. The minimum Gasteiger partial charge on any atom is -0.444 e. The van der Waals surface area contributed by atoms with Crippen LogP contribution in [0.1, 0.15) is 38.5 Å². The molecule has 0 spiro atoms. The highest BCUT2D eigenvalue weighted by Gasteiger charge is 2.30. The summed E-state index contributed by atoms with van der Waals surface area (Å²) in [5.74, 6) is 0.656. The normalized spacial score (nSPS) is 15.5. The van der Waals surface area contributed by atoms with E-state index in [1.807, 2.05) is 26.8 Å². The third-order valence-electron chi connectivity index (χ3n) is 4.07. The van der Waals surface area contributed by atoms with Gasteiger partial charge in [0, 0.05) is 29.6 Å². The van der Waals surface area contributed by atoms with Gasteiger partial charge < -0.3 is 15.0 Å². The molecule has 0 aromatic carbocycles. The summed E-state index contributed by atoms with van der Waals surface area (Å²) in [6.45, 7) is 6.58. The smallest absolute Gasteiger partial charge is 0.410 e. The third-order valence-corrected chi connectivity index (χ3v) is 7.15. The Morgan fingerprint density at radius 2 is 2.07 bits per heavy atom. The molecule has 2 aromatic rings. The molecule has 0 saturated carbocycles. The summed E-state index contributed by atoms with van der Waals surface area (Å²) in [4.78, 5) is 27.6. The van der Waals surface area contributed by atoms with Crippen molar-refractivity contribution in [1.82, 2.24) is 15.1 Å². The van der Waals surface area contributed by atoms with Gasteiger partial charge in [0.1, 0.15) is 5.60 Å². The number of amides is 2. The van der Waals surface area contributed by atoms with Gasteiger partial charge in [-0.2, -0.15) is 0 Å². The van der Waals surface area contributed by atoms with E-state index in [4.69, 9.17) is 4.74 Å². The molecular formula is C18H24N4O3S3. The van der Waals surface area contributed by atoms with Crippen molar-refractivity contribution in [3.8, 4) is 0 Å². The van der Waals surface area contributed by atoms with Gasteiger partial charge in [-0.25, -0.2) is 4.79 Å². The molecule has 0 bridgehead atoms. The summed E-state index contributed by atoms with van der Waals surface area (Å²) in [7, 11) is 0. The van der Waals surface area contributed by atoms with Gasteiger partial charge in [-0.3, -0.25) is 4.79 Å². The molecule has 2 aromatic heterocycles. The van der Waals surface area contributed by atoms with Crippen LogP contribution < -0.4 is 5.32 Å². The summed E-state index contributed by atoms with van der Waals surface area (Å²) in [6.07, 6.45) is 0.913. The van der Waals surface area contributed by atoms with Crippen molar-refractivity contribution in [2.75, 3.05) is 18.4 Å². The van der Waals surface area contributed by atoms with Crippen LogP contribution in [0.3, 0.4) is 0 Å². The number of thiophene rings is 1. The molecule has 0 aliphatic carbocycles. The van der Waals surface area contributed by atoms with E-state index in [1.165, 1.54) is 16.2 Å². The zero-order valence-electron chi connectivity index (χ0n) is 16.1. The number of carbonyl (C=O) groups is 2. The number of likely N-dealkylation sites (tertiary alicyclic amines) is 1. The molecule has 10 heteroatoms. The molecule has 2 amide bonds. The quantitative estimate of drug-likeness (QED) is 0.545. The maximum Gasteiger partial charge on any atom is 0.410 e. The van der Waals surface area contributed by atoms with E-state index in [0.717, 1.165) is 10.1 Å². The standard InChI is InChI=1S/C18H24N4O3S3/c1-18(2,3)25-17(24)22-8-6-12(7-9-22)14(23)19-15-20-21-16(28-15)27-11-13-5-4-10-26-13/h4-5,10,12H,6-9,11H2,1-3H3,(H,19,20,23). The zero-order valence-corrected chi connectivity index (χ0v) is 18.6. The van der Waals surface area contributed by atoms with Gasteiger partial charge in [0.25, 0.3) is 0 Å². The zero-order chi connectivity index (χ0) is 20.1. The first-order chi connectivity index (χ1) is 13.3. The molecule has 1 aliphatic heterocycles. The maximum atomic E-state index is 12.5. The van der Waals surface area contributed by atoms with Gasteiger partial charge >= 0.3 is 6.09 Å². The number of aromatic nitrogens is 2. The predicted octanol–water partition coefficient (Wildman–Crippen LogP) is 4.48. The Hall–Kier alpha value is -1.65. The third kappa shape index (κ3) is 6.18. The highest BCUT2D eigenvalue weighted by Crippen LogP contribution is 2.30. The number of piperidine rings is 1. The summed E-state index contributed by atoms with van der Waals surface area (Å²) in [5.41, 5.74) is -0.512. The Labute approximate surface area is 176 Å². The van der Waals surface area contributed by atoms with E-state index in [0.29, 0.717) is 31.1 Å². The molecule has 1 N–H and O–H groups in total. The minimum atomic E-state index is -0.512. The van der Waals surface area contributed by atoms with Gasteiger partial charge in [-0.1, -0.05) is 29.2 Å². The monoisotopic (exact) mass is 440 g/mol. The Morgan fingerprint density at radius 1 is 1.32 bits per heavy atom. The largest absolute Gasteiger partial charge is 0.444 e. The van der Waals surface area contributed by atoms with Crippen molar-refractivity contribution in [1.29, 1.82) is 0 Å². The molecular weight excluding hydrogens is 416 g/mol. The summed E-state index contributed by atoms with van der Waals surface area (Å²) in [6, 6.07) is 4.12. The predicted molar refractivity (Wildman–Crippen MR) is 113 cm³/mol. The average molecular weight is 441 g/mol. The minimum absolute atomic E-state index is 0.0604. The lowest BCUT2D eigenvalue weighted by Crippen LogP contribution is -2.43. The number of hydrogen-bond acceptors (Lipinski definition) is 8. The molecule has 3 heterocycles. The molecule has 1 aliphatic rings. The lowest BCUT2D eigenvalue weighted by Gasteiger charge is -2.32. The fourth-order valence-corrected chi connectivity index (χ4v) is 5.23. The van der Waals surface area contributed by atoms with Crippen LogP contribution in [0.25, 0.3) is 0 Å². The number of anilines is 1. The first-order valence-electron chi connectivity index (χ1n) is 9.07. The maximum absolute atomic E-state index is 12.5. The van der Waals surface area contributed by atoms with Crippen LogP contribution in [0.5, 0.6) is 0 Å². The second-order valence-electron chi connectivity index (χ2n) is 7.47. The van der Waals surface area contributed by atoms with E-state index in [-0.39, 0.29) is 17.9 Å². The fraction of sp³-hybridized carbons (Fsp3) is 0.556. The van der Waals surface area contributed by atoms with Crippen molar-refractivity contribution in [3.05, 3.63) is 22.4 Å². The number of hydrogen-bond donors (Lipinski definition) is 1. The van der Waals surface area contributed by atoms with E-state index >= 15 is 0 Å². The number of nitrogens with one attached hydrogen (secondary N) is 1. The molecule has 1 fully saturated rings. The van der Waals surface area contributed by atoms with Crippen molar-refractivity contribution in [2.45, 2.75) is 49.3 Å². The van der Waals surface area contributed by atoms with Crippen molar-refractivity contribution < 1.29 is 14.3 Å². The van der Waals surface area contributed by atoms with E-state index in [9.17, 15) is 9.59 Å². The first-order valence-corrected chi connectivity index (χ1v) is 11.8. The molecule has 0 radical (unpaired) electrons. The van der Waals surface area contributed by atoms with Crippen LogP contribution in [-0.4, -0.2) is 45.8 Å². The van der Waals surface area contributed by atoms with Gasteiger partial charge in [-0.05, 0) is 45.1 Å². The van der Waals surface area contributed by atoms with Crippen LogP contribution in [0.2, 0.25) is 0 Å². The van der Waals surface area contributed by atoms with Gasteiger partial charge in [0.05, 0.1) is 0 Å². The Morgan fingerprint density at radius 3 is 2.71 bits per heavy atom. The Kier molecular flexibility index (Phi) is 6.95. The summed E-state index contributed by atoms with van der Waals surface area (Å²) >= 11 is 4.72. The second kappa shape index (κ2) is 9.23. The fourth-order valence-electron chi connectivity index (χ4n) is 2.70. The van der Waals surface area contributed by atoms with E-state index in [2.05, 4.69) is 27.0 Å². The molecule has 152 valence electrons. The van der Waals surface area contributed by atoms with Crippen LogP contribution in [0.15, 0.2) is 21.9 Å². The van der Waals surface area contributed by atoms with Gasteiger partial charge in [0.2, 0.25) is 11.0 Å². The van der Waals surface area contributed by atoms with E-state index < -0.39 is 5.60 Å². The number of thioether (sulfide) groups is 1. The molecule has 0 atom stereocenters. The van der Waals surface area contributed by atoms with Crippen LogP contribution >= 0.6 is 34.4 Å². The van der Waals surface area contributed by atoms with Crippen LogP contribution in [-0.2, 0) is 15.3 Å². The van der Waals surface area contributed by atoms with Crippen LogP contribution in [0.4, 0.5) is 9.93 Å². The van der Waals surface area contributed by atoms with Crippen molar-refractivity contribution in [3.63, 3.8) is 0 Å². The van der Waals surface area contributed by atoms with Crippen molar-refractivity contribution in [2.24, 2.45) is 5.92 Å². The lowest BCUT2D eigenvalue weighted by atomic mass is 9.96. The SMILES string of the molecule is CC(C)(C)OC(=O)N1CCC(C(=O)Nc2nnc(SCc3cccs3)s2)CC1. The number of ether oxygens (including phenoxy) is 1. The topological polar surface area (TPSA) is 84.4 Å². The lowest BCUT2D eigenvalue weighted by molar-refractivity contribution is -0.121.